The number of carbonyl (C=O) groups is 1. The predicted octanol–water partition coefficient (Wildman–Crippen LogP) is -1.09. The van der Waals surface area contributed by atoms with Crippen LogP contribution in [0.15, 0.2) is 0 Å². The van der Waals surface area contributed by atoms with Crippen molar-refractivity contribution in [2.75, 3.05) is 13.6 Å². The highest BCUT2D eigenvalue weighted by atomic mass is 16.5. The van der Waals surface area contributed by atoms with Gasteiger partial charge in [-0.25, -0.2) is 0 Å². The number of aliphatic hydroxyl groups is 2. The molecule has 2 saturated heterocycles. The highest BCUT2D eigenvalue weighted by Crippen LogP contribution is 2.67. The standard InChI is InChI=1S/C17H25NO4/c1-18-7-6-16-13-9-2-3-10(19)14(13)22-15(16)11(20)4-5-17(16,21)12(18)8-9/h9-10,12-15,19,21H,2-8H2,1H3/p+1/t9?,10?,12-,13?,14?,15+,16+,17-/m1/s1. The summed E-state index contributed by atoms with van der Waals surface area (Å²) in [6.45, 7) is 0.992. The summed E-state index contributed by atoms with van der Waals surface area (Å²) < 4.78 is 6.18. The Morgan fingerprint density at radius 2 is 2.14 bits per heavy atom. The largest absolute Gasteiger partial charge is 0.390 e. The molecule has 0 aromatic rings. The van der Waals surface area contributed by atoms with Crippen molar-refractivity contribution >= 4 is 5.78 Å². The predicted molar refractivity (Wildman–Crippen MR) is 77.3 cm³/mol. The van der Waals surface area contributed by atoms with Gasteiger partial charge < -0.3 is 19.8 Å². The third-order valence-corrected chi connectivity index (χ3v) is 7.92. The molecule has 2 heterocycles. The molecule has 5 heteroatoms. The van der Waals surface area contributed by atoms with Gasteiger partial charge in [-0.15, -0.1) is 0 Å². The van der Waals surface area contributed by atoms with Crippen molar-refractivity contribution < 1.29 is 24.6 Å². The van der Waals surface area contributed by atoms with Gasteiger partial charge in [-0.05, 0) is 25.2 Å². The van der Waals surface area contributed by atoms with Crippen LogP contribution in [-0.4, -0.2) is 59.5 Å². The van der Waals surface area contributed by atoms with Crippen molar-refractivity contribution in [1.29, 1.82) is 0 Å². The number of piperidine rings is 1. The van der Waals surface area contributed by atoms with Gasteiger partial charge in [0.25, 0.3) is 0 Å². The van der Waals surface area contributed by atoms with Crippen molar-refractivity contribution in [3.63, 3.8) is 0 Å². The summed E-state index contributed by atoms with van der Waals surface area (Å²) in [5, 5.41) is 22.2. The first-order valence-corrected chi connectivity index (χ1v) is 8.90. The van der Waals surface area contributed by atoms with Crippen molar-refractivity contribution in [1.82, 2.24) is 0 Å². The number of likely N-dealkylation sites (tertiary alicyclic amines) is 1. The normalized spacial score (nSPS) is 62.7. The maximum atomic E-state index is 12.6. The molecule has 0 aromatic heterocycles. The molecule has 5 fully saturated rings. The lowest BCUT2D eigenvalue weighted by Gasteiger charge is -2.64. The van der Waals surface area contributed by atoms with Crippen molar-refractivity contribution in [2.24, 2.45) is 17.3 Å². The molecule has 3 saturated carbocycles. The van der Waals surface area contributed by atoms with E-state index in [2.05, 4.69) is 7.05 Å². The number of Topliss-reactive ketones (excluding diaryl/α,β-unsaturated/α-hetero) is 1. The number of ketones is 1. The van der Waals surface area contributed by atoms with E-state index in [9.17, 15) is 15.0 Å². The van der Waals surface area contributed by atoms with Gasteiger partial charge in [0.2, 0.25) is 0 Å². The molecule has 5 rings (SSSR count). The molecular weight excluding hydrogens is 282 g/mol. The van der Waals surface area contributed by atoms with E-state index in [1.54, 1.807) is 0 Å². The third kappa shape index (κ3) is 1.31. The Bertz CT molecular complexity index is 539. The van der Waals surface area contributed by atoms with Gasteiger partial charge in [0.05, 0.1) is 25.8 Å². The van der Waals surface area contributed by atoms with Crippen molar-refractivity contribution in [3.05, 3.63) is 0 Å². The smallest absolute Gasteiger partial charge is 0.162 e. The van der Waals surface area contributed by atoms with E-state index in [1.807, 2.05) is 0 Å². The number of hydrogen-bond acceptors (Lipinski definition) is 4. The Kier molecular flexibility index (Phi) is 2.61. The maximum absolute atomic E-state index is 12.6. The summed E-state index contributed by atoms with van der Waals surface area (Å²) in [6, 6.07) is 0.218. The van der Waals surface area contributed by atoms with Crippen LogP contribution in [0, 0.1) is 17.3 Å². The molecule has 9 atom stereocenters. The topological polar surface area (TPSA) is 71.2 Å². The first-order valence-electron chi connectivity index (χ1n) is 8.90. The summed E-state index contributed by atoms with van der Waals surface area (Å²) >= 11 is 0. The second kappa shape index (κ2) is 4.12. The Labute approximate surface area is 130 Å². The van der Waals surface area contributed by atoms with Crippen LogP contribution in [0.2, 0.25) is 0 Å². The van der Waals surface area contributed by atoms with Crippen LogP contribution in [0.4, 0.5) is 0 Å². The molecule has 122 valence electrons. The van der Waals surface area contributed by atoms with Gasteiger partial charge in [-0.1, -0.05) is 0 Å². The zero-order chi connectivity index (χ0) is 15.3. The Morgan fingerprint density at radius 3 is 2.95 bits per heavy atom. The molecule has 3 aliphatic carbocycles. The number of aliphatic hydroxyl groups excluding tert-OH is 1. The average Bonchev–Trinajstić information content (AvgIpc) is 2.85. The highest BCUT2D eigenvalue weighted by molar-refractivity contribution is 5.86. The van der Waals surface area contributed by atoms with Gasteiger partial charge >= 0.3 is 0 Å². The molecule has 0 amide bonds. The van der Waals surface area contributed by atoms with Gasteiger partial charge in [0.1, 0.15) is 17.7 Å². The van der Waals surface area contributed by atoms with Crippen LogP contribution in [0.5, 0.6) is 0 Å². The number of hydrogen-bond donors (Lipinski definition) is 3. The lowest BCUT2D eigenvalue weighted by molar-refractivity contribution is -0.928. The number of carbonyl (C=O) groups excluding carboxylic acids is 1. The second-order valence-electron chi connectivity index (χ2n) is 8.48. The molecule has 2 aliphatic heterocycles. The van der Waals surface area contributed by atoms with E-state index >= 15 is 0 Å². The van der Waals surface area contributed by atoms with Crippen LogP contribution in [0.1, 0.15) is 38.5 Å². The van der Waals surface area contributed by atoms with Crippen LogP contribution in [0.3, 0.4) is 0 Å². The zero-order valence-electron chi connectivity index (χ0n) is 13.1. The molecule has 3 N–H and O–H groups in total. The van der Waals surface area contributed by atoms with E-state index < -0.39 is 23.2 Å². The Hall–Kier alpha value is -0.490. The molecule has 0 radical (unpaired) electrons. The minimum atomic E-state index is -0.791. The van der Waals surface area contributed by atoms with Crippen LogP contribution < -0.4 is 4.90 Å². The molecule has 5 unspecified atom stereocenters. The fraction of sp³-hybridized carbons (Fsp3) is 0.941. The average molecular weight is 308 g/mol. The zero-order valence-corrected chi connectivity index (χ0v) is 13.1. The molecule has 5 nitrogen and oxygen atoms in total. The molecule has 5 aliphatic rings. The van der Waals surface area contributed by atoms with Crippen LogP contribution in [-0.2, 0) is 9.53 Å². The van der Waals surface area contributed by atoms with E-state index in [1.165, 1.54) is 4.90 Å². The van der Waals surface area contributed by atoms with Crippen LogP contribution in [0.25, 0.3) is 0 Å². The Balaban J connectivity index is 1.72. The molecule has 2 bridgehead atoms. The molecule has 1 spiro atoms. The van der Waals surface area contributed by atoms with E-state index in [0.717, 1.165) is 32.2 Å². The quantitative estimate of drug-likeness (QED) is 0.532. The van der Waals surface area contributed by atoms with Gasteiger partial charge in [-0.2, -0.15) is 0 Å². The first-order chi connectivity index (χ1) is 10.5. The maximum Gasteiger partial charge on any atom is 0.162 e. The fourth-order valence-corrected chi connectivity index (χ4v) is 7.10. The third-order valence-electron chi connectivity index (χ3n) is 7.92. The number of nitrogens with one attached hydrogen (secondary N) is 1. The molecule has 22 heavy (non-hydrogen) atoms. The minimum absolute atomic E-state index is 0.158. The van der Waals surface area contributed by atoms with Crippen LogP contribution >= 0.6 is 0 Å². The molecular formula is C17H26NO4+. The summed E-state index contributed by atoms with van der Waals surface area (Å²) in [5.41, 5.74) is -1.22. The first kappa shape index (κ1) is 13.9. The summed E-state index contributed by atoms with van der Waals surface area (Å²) in [4.78, 5) is 14.0. The monoisotopic (exact) mass is 308 g/mol. The van der Waals surface area contributed by atoms with Gasteiger partial charge in [0.15, 0.2) is 5.78 Å². The number of rotatable bonds is 0. The SMILES string of the molecule is C[NH+]1CC[C@]23C4C5CCC(O)C4O[C@H]2C(=O)CC[C@@]3(O)[C@H]1C5. The summed E-state index contributed by atoms with van der Waals surface area (Å²) in [6.07, 6.45) is 3.47. The Morgan fingerprint density at radius 1 is 1.32 bits per heavy atom. The number of likely N-dealkylation sites (N-methyl/N-ethyl adjacent to an activating group) is 1. The van der Waals surface area contributed by atoms with Crippen molar-refractivity contribution in [2.45, 2.75) is 68.5 Å². The highest BCUT2D eigenvalue weighted by Gasteiger charge is 2.79. The lowest BCUT2D eigenvalue weighted by Crippen LogP contribution is -3.19. The summed E-state index contributed by atoms with van der Waals surface area (Å²) in [5.74, 6) is 0.815. The minimum Gasteiger partial charge on any atom is -0.390 e. The van der Waals surface area contributed by atoms with E-state index in [0.29, 0.717) is 18.8 Å². The van der Waals surface area contributed by atoms with Crippen molar-refractivity contribution in [3.8, 4) is 0 Å². The van der Waals surface area contributed by atoms with Gasteiger partial charge in [-0.3, -0.25) is 4.79 Å². The second-order valence-corrected chi connectivity index (χ2v) is 8.48. The van der Waals surface area contributed by atoms with E-state index in [-0.39, 0.29) is 23.8 Å². The lowest BCUT2D eigenvalue weighted by atomic mass is 9.43. The number of quaternary nitrogens is 1. The van der Waals surface area contributed by atoms with Gasteiger partial charge in [0, 0.05) is 30.6 Å². The number of ether oxygens (including phenoxy) is 1. The van der Waals surface area contributed by atoms with E-state index in [4.69, 9.17) is 4.74 Å². The summed E-state index contributed by atoms with van der Waals surface area (Å²) in [7, 11) is 2.19. The fourth-order valence-electron chi connectivity index (χ4n) is 7.10. The molecule has 0 aromatic carbocycles.